The Kier molecular flexibility index (Phi) is 2.25. The smallest absolute Gasteiger partial charge is 0.0376 e. The molecule has 2 nitrogen and oxygen atoms in total. The Bertz CT molecular complexity index is 432. The van der Waals surface area contributed by atoms with Gasteiger partial charge in [0.2, 0.25) is 0 Å². The van der Waals surface area contributed by atoms with Crippen LogP contribution in [0, 0.1) is 13.8 Å². The molecule has 0 aromatic heterocycles. The van der Waals surface area contributed by atoms with E-state index in [9.17, 15) is 0 Å². The summed E-state index contributed by atoms with van der Waals surface area (Å²) in [5, 5.41) is 3.78. The van der Waals surface area contributed by atoms with Crippen LogP contribution in [0.15, 0.2) is 18.2 Å². The van der Waals surface area contributed by atoms with E-state index in [4.69, 9.17) is 0 Å². The maximum Gasteiger partial charge on any atom is 0.0376 e. The van der Waals surface area contributed by atoms with Gasteiger partial charge in [0.1, 0.15) is 0 Å². The lowest BCUT2D eigenvalue weighted by molar-refractivity contribution is 0.135. The number of nitrogens with one attached hydrogen (secondary N) is 1. The zero-order valence-corrected chi connectivity index (χ0v) is 11.3. The lowest BCUT2D eigenvalue weighted by atomic mass is 9.74. The number of benzene rings is 1. The molecule has 0 radical (unpaired) electrons. The lowest BCUT2D eigenvalue weighted by Crippen LogP contribution is -2.67. The number of anilines is 1. The Morgan fingerprint density at radius 1 is 0.889 bits per heavy atom. The number of hydrogen-bond acceptors (Lipinski definition) is 2. The predicted octanol–water partition coefficient (Wildman–Crippen LogP) is 2.78. The van der Waals surface area contributed by atoms with Gasteiger partial charge < -0.3 is 10.2 Å². The molecule has 0 unspecified atom stereocenters. The molecule has 96 valence electrons. The highest BCUT2D eigenvalue weighted by molar-refractivity contribution is 5.54. The molecule has 4 bridgehead atoms. The average Bonchev–Trinajstić information content (AvgIpc) is 2.25. The Morgan fingerprint density at radius 3 is 1.89 bits per heavy atom. The first-order valence-corrected chi connectivity index (χ1v) is 7.32. The van der Waals surface area contributed by atoms with Crippen LogP contribution in [0.3, 0.4) is 0 Å². The van der Waals surface area contributed by atoms with Crippen LogP contribution in [0.4, 0.5) is 5.69 Å². The summed E-state index contributed by atoms with van der Waals surface area (Å²) in [4.78, 5) is 2.74. The summed E-state index contributed by atoms with van der Waals surface area (Å²) in [5.41, 5.74) is 4.27. The molecule has 0 aliphatic carbocycles. The Hall–Kier alpha value is -1.02. The van der Waals surface area contributed by atoms with Crippen molar-refractivity contribution in [3.05, 3.63) is 29.3 Å². The van der Waals surface area contributed by atoms with E-state index < -0.39 is 0 Å². The highest BCUT2D eigenvalue weighted by atomic mass is 15.3. The van der Waals surface area contributed by atoms with Gasteiger partial charge >= 0.3 is 0 Å². The van der Waals surface area contributed by atoms with Gasteiger partial charge in [-0.05, 0) is 62.8 Å². The summed E-state index contributed by atoms with van der Waals surface area (Å²) in [7, 11) is 0. The standard InChI is InChI=1S/C16H22N2/c1-10-3-11(2)5-14(4-10)18-15-6-12-7-16(18)9-13(8-15)17-12/h3-5,12-13,15-17H,6-9H2,1-2H3. The zero-order valence-electron chi connectivity index (χ0n) is 11.3. The second kappa shape index (κ2) is 3.74. The molecule has 4 heterocycles. The molecular weight excluding hydrogens is 220 g/mol. The third-order valence-corrected chi connectivity index (χ3v) is 4.99. The van der Waals surface area contributed by atoms with Crippen molar-refractivity contribution in [1.82, 2.24) is 5.32 Å². The van der Waals surface area contributed by atoms with E-state index in [1.165, 1.54) is 42.5 Å². The molecule has 4 aliphatic heterocycles. The van der Waals surface area contributed by atoms with Crippen LogP contribution in [0.2, 0.25) is 0 Å². The summed E-state index contributed by atoms with van der Waals surface area (Å²) in [6, 6.07) is 10.2. The van der Waals surface area contributed by atoms with Gasteiger partial charge in [0.25, 0.3) is 0 Å². The van der Waals surface area contributed by atoms with Gasteiger partial charge in [0.15, 0.2) is 0 Å². The Balaban J connectivity index is 1.72. The quantitative estimate of drug-likeness (QED) is 0.814. The molecule has 4 saturated heterocycles. The van der Waals surface area contributed by atoms with Crippen molar-refractivity contribution < 1.29 is 0 Å². The molecule has 1 N–H and O–H groups in total. The first kappa shape index (κ1) is 10.9. The molecule has 5 rings (SSSR count). The lowest BCUT2D eigenvalue weighted by Gasteiger charge is -2.58. The SMILES string of the molecule is Cc1cc(C)cc(N2C3CC4CC2CC(C3)N4)c1. The van der Waals surface area contributed by atoms with Crippen molar-refractivity contribution in [2.45, 2.75) is 63.7 Å². The minimum absolute atomic E-state index is 0.787. The summed E-state index contributed by atoms with van der Waals surface area (Å²) in [6.45, 7) is 4.44. The maximum atomic E-state index is 3.78. The average molecular weight is 242 g/mol. The van der Waals surface area contributed by atoms with E-state index in [0.29, 0.717) is 0 Å². The second-order valence-corrected chi connectivity index (χ2v) is 6.56. The number of nitrogens with zero attached hydrogens (tertiary/aromatic N) is 1. The van der Waals surface area contributed by atoms with E-state index >= 15 is 0 Å². The van der Waals surface area contributed by atoms with E-state index in [1.807, 2.05) is 0 Å². The monoisotopic (exact) mass is 242 g/mol. The van der Waals surface area contributed by atoms with Crippen molar-refractivity contribution in [2.24, 2.45) is 0 Å². The molecule has 18 heavy (non-hydrogen) atoms. The summed E-state index contributed by atoms with van der Waals surface area (Å²) < 4.78 is 0. The van der Waals surface area contributed by atoms with Crippen LogP contribution < -0.4 is 10.2 Å². The molecule has 0 amide bonds. The molecule has 1 aromatic rings. The zero-order chi connectivity index (χ0) is 12.3. The highest BCUT2D eigenvalue weighted by Crippen LogP contribution is 2.42. The highest BCUT2D eigenvalue weighted by Gasteiger charge is 2.46. The molecule has 0 saturated carbocycles. The number of piperidine rings is 4. The summed E-state index contributed by atoms with van der Waals surface area (Å²) in [5.74, 6) is 0. The van der Waals surface area contributed by atoms with Crippen LogP contribution >= 0.6 is 0 Å². The molecule has 0 atom stereocenters. The predicted molar refractivity (Wildman–Crippen MR) is 75.2 cm³/mol. The van der Waals surface area contributed by atoms with Crippen molar-refractivity contribution in [2.75, 3.05) is 4.90 Å². The van der Waals surface area contributed by atoms with E-state index in [2.05, 4.69) is 42.3 Å². The molecule has 4 fully saturated rings. The molecule has 0 spiro atoms. The number of hydrogen-bond donors (Lipinski definition) is 1. The van der Waals surface area contributed by atoms with E-state index in [-0.39, 0.29) is 0 Å². The summed E-state index contributed by atoms with van der Waals surface area (Å²) >= 11 is 0. The van der Waals surface area contributed by atoms with Crippen molar-refractivity contribution >= 4 is 5.69 Å². The van der Waals surface area contributed by atoms with Crippen LogP contribution in [-0.4, -0.2) is 24.2 Å². The summed E-state index contributed by atoms with van der Waals surface area (Å²) in [6.07, 6.45) is 5.39. The molecular formula is C16H22N2. The van der Waals surface area contributed by atoms with Gasteiger partial charge in [-0.15, -0.1) is 0 Å². The number of rotatable bonds is 1. The largest absolute Gasteiger partial charge is 0.365 e. The van der Waals surface area contributed by atoms with E-state index in [0.717, 1.165) is 24.2 Å². The van der Waals surface area contributed by atoms with Gasteiger partial charge in [-0.25, -0.2) is 0 Å². The molecule has 4 aliphatic rings. The third-order valence-electron chi connectivity index (χ3n) is 4.99. The fourth-order valence-corrected chi connectivity index (χ4v) is 4.58. The van der Waals surface area contributed by atoms with Gasteiger partial charge in [-0.2, -0.15) is 0 Å². The van der Waals surface area contributed by atoms with Crippen molar-refractivity contribution in [1.29, 1.82) is 0 Å². The van der Waals surface area contributed by atoms with Crippen LogP contribution in [-0.2, 0) is 0 Å². The first-order valence-electron chi connectivity index (χ1n) is 7.32. The van der Waals surface area contributed by atoms with E-state index in [1.54, 1.807) is 0 Å². The topological polar surface area (TPSA) is 15.3 Å². The second-order valence-electron chi connectivity index (χ2n) is 6.56. The van der Waals surface area contributed by atoms with Gasteiger partial charge in [0.05, 0.1) is 0 Å². The van der Waals surface area contributed by atoms with Gasteiger partial charge in [-0.3, -0.25) is 0 Å². The van der Waals surface area contributed by atoms with Gasteiger partial charge in [0, 0.05) is 29.9 Å². The number of aryl methyl sites for hydroxylation is 2. The fraction of sp³-hybridized carbons (Fsp3) is 0.625. The maximum absolute atomic E-state index is 3.78. The van der Waals surface area contributed by atoms with Gasteiger partial charge in [-0.1, -0.05) is 6.07 Å². The third kappa shape index (κ3) is 1.58. The Labute approximate surface area is 109 Å². The normalized spacial score (nSPS) is 37.3. The van der Waals surface area contributed by atoms with Crippen LogP contribution in [0.5, 0.6) is 0 Å². The fourth-order valence-electron chi connectivity index (χ4n) is 4.58. The van der Waals surface area contributed by atoms with Crippen LogP contribution in [0.25, 0.3) is 0 Å². The first-order chi connectivity index (χ1) is 8.69. The van der Waals surface area contributed by atoms with Crippen molar-refractivity contribution in [3.8, 4) is 0 Å². The minimum atomic E-state index is 0.787. The Morgan fingerprint density at radius 2 is 1.39 bits per heavy atom. The minimum Gasteiger partial charge on any atom is -0.365 e. The van der Waals surface area contributed by atoms with Crippen molar-refractivity contribution in [3.63, 3.8) is 0 Å². The van der Waals surface area contributed by atoms with Crippen LogP contribution in [0.1, 0.15) is 36.8 Å². The molecule has 2 heteroatoms. The molecule has 1 aromatic carbocycles.